The molecule has 0 amide bonds. The summed E-state index contributed by atoms with van der Waals surface area (Å²) in [5.41, 5.74) is -0.337. The second-order valence-electron chi connectivity index (χ2n) is 4.65. The van der Waals surface area contributed by atoms with E-state index in [-0.39, 0.29) is 41.5 Å². The molecule has 1 N–H and O–H groups in total. The molecule has 0 saturated carbocycles. The summed E-state index contributed by atoms with van der Waals surface area (Å²) in [6.07, 6.45) is 0.265. The van der Waals surface area contributed by atoms with Gasteiger partial charge in [-0.15, -0.1) is 12.4 Å². The van der Waals surface area contributed by atoms with Crippen molar-refractivity contribution in [2.45, 2.75) is 6.42 Å². The van der Waals surface area contributed by atoms with E-state index in [1.54, 1.807) is 6.07 Å². The van der Waals surface area contributed by atoms with Crippen molar-refractivity contribution < 1.29 is 14.3 Å². The van der Waals surface area contributed by atoms with Crippen LogP contribution in [-0.4, -0.2) is 36.4 Å². The molecule has 0 aliphatic carbocycles. The second-order valence-corrected chi connectivity index (χ2v) is 4.65. The highest BCUT2D eigenvalue weighted by atomic mass is 35.5. The smallest absolute Gasteiger partial charge is 0.347 e. The van der Waals surface area contributed by atoms with Gasteiger partial charge in [-0.25, -0.2) is 4.79 Å². The number of carbonyl (C=O) groups excluding carboxylic acids is 1. The SMILES string of the molecule is CN(C)CCC(=O)c1cc2ccc(O)cc2oc1=O.Cl. The fraction of sp³-hybridized carbons (Fsp3) is 0.286. The molecule has 108 valence electrons. The van der Waals surface area contributed by atoms with Crippen LogP contribution in [0.5, 0.6) is 5.75 Å². The third kappa shape index (κ3) is 3.59. The molecule has 0 radical (unpaired) electrons. The number of Topliss-reactive ketones (excluding diaryl/α,β-unsaturated/α-hetero) is 1. The molecule has 1 heterocycles. The van der Waals surface area contributed by atoms with Gasteiger partial charge in [0.05, 0.1) is 0 Å². The molecular weight excluding hydrogens is 282 g/mol. The molecule has 2 aromatic rings. The fourth-order valence-electron chi connectivity index (χ4n) is 1.75. The van der Waals surface area contributed by atoms with Crippen molar-refractivity contribution >= 4 is 29.2 Å². The summed E-state index contributed by atoms with van der Waals surface area (Å²) < 4.78 is 5.05. The van der Waals surface area contributed by atoms with Gasteiger partial charge in [-0.2, -0.15) is 0 Å². The van der Waals surface area contributed by atoms with Crippen LogP contribution in [0.3, 0.4) is 0 Å². The van der Waals surface area contributed by atoms with E-state index in [9.17, 15) is 14.7 Å². The number of hydrogen-bond donors (Lipinski definition) is 1. The Kier molecular flexibility index (Phi) is 5.30. The third-order valence-corrected chi connectivity index (χ3v) is 2.81. The van der Waals surface area contributed by atoms with Gasteiger partial charge >= 0.3 is 5.63 Å². The Hall–Kier alpha value is -1.85. The predicted molar refractivity (Wildman–Crippen MR) is 78.9 cm³/mol. The molecule has 0 bridgehead atoms. The first-order chi connectivity index (χ1) is 8.97. The predicted octanol–water partition coefficient (Wildman–Crippen LogP) is 2.05. The topological polar surface area (TPSA) is 70.8 Å². The molecule has 0 fully saturated rings. The quantitative estimate of drug-likeness (QED) is 0.691. The minimum Gasteiger partial charge on any atom is -0.508 e. The minimum absolute atomic E-state index is 0. The summed E-state index contributed by atoms with van der Waals surface area (Å²) in [6.45, 7) is 0.575. The zero-order valence-corrected chi connectivity index (χ0v) is 12.1. The number of nitrogens with zero attached hydrogens (tertiary/aromatic N) is 1. The summed E-state index contributed by atoms with van der Waals surface area (Å²) in [7, 11) is 3.72. The van der Waals surface area contributed by atoms with Crippen molar-refractivity contribution in [1.29, 1.82) is 0 Å². The summed E-state index contributed by atoms with van der Waals surface area (Å²) in [4.78, 5) is 25.6. The monoisotopic (exact) mass is 297 g/mol. The zero-order valence-electron chi connectivity index (χ0n) is 11.3. The largest absolute Gasteiger partial charge is 0.508 e. The van der Waals surface area contributed by atoms with Crippen LogP contribution in [-0.2, 0) is 0 Å². The van der Waals surface area contributed by atoms with Gasteiger partial charge in [0.15, 0.2) is 5.78 Å². The molecular formula is C14H16ClNO4. The number of benzene rings is 1. The number of halogens is 1. The van der Waals surface area contributed by atoms with Gasteiger partial charge in [0.2, 0.25) is 0 Å². The standard InChI is InChI=1S/C14H15NO4.ClH/c1-15(2)6-5-12(17)11-7-9-3-4-10(16)8-13(9)19-14(11)18;/h3-4,7-8,16H,5-6H2,1-2H3;1H. The zero-order chi connectivity index (χ0) is 14.0. The van der Waals surface area contributed by atoms with E-state index < -0.39 is 5.63 Å². The van der Waals surface area contributed by atoms with E-state index in [4.69, 9.17) is 4.42 Å². The van der Waals surface area contributed by atoms with Crippen molar-refractivity contribution in [3.05, 3.63) is 40.2 Å². The van der Waals surface area contributed by atoms with Crippen molar-refractivity contribution in [2.24, 2.45) is 0 Å². The first-order valence-electron chi connectivity index (χ1n) is 5.92. The molecule has 0 unspecified atom stereocenters. The molecule has 1 aromatic carbocycles. The number of phenols is 1. The highest BCUT2D eigenvalue weighted by molar-refractivity contribution is 5.98. The van der Waals surface area contributed by atoms with Gasteiger partial charge in [0.25, 0.3) is 0 Å². The maximum atomic E-state index is 11.9. The number of fused-ring (bicyclic) bond motifs is 1. The van der Waals surface area contributed by atoms with Gasteiger partial charge in [-0.1, -0.05) is 0 Å². The Morgan fingerprint density at radius 2 is 2.00 bits per heavy atom. The second kappa shape index (κ2) is 6.54. The molecule has 0 spiro atoms. The average molecular weight is 298 g/mol. The lowest BCUT2D eigenvalue weighted by Gasteiger charge is -2.08. The van der Waals surface area contributed by atoms with Gasteiger partial charge < -0.3 is 14.4 Å². The van der Waals surface area contributed by atoms with Crippen molar-refractivity contribution in [3.8, 4) is 5.75 Å². The maximum absolute atomic E-state index is 11.9. The molecule has 0 atom stereocenters. The van der Waals surface area contributed by atoms with E-state index >= 15 is 0 Å². The van der Waals surface area contributed by atoms with Crippen LogP contribution in [0.25, 0.3) is 11.0 Å². The van der Waals surface area contributed by atoms with Crippen molar-refractivity contribution in [3.63, 3.8) is 0 Å². The number of aromatic hydroxyl groups is 1. The maximum Gasteiger partial charge on any atom is 0.347 e. The number of rotatable bonds is 4. The Bertz CT molecular complexity index is 678. The van der Waals surface area contributed by atoms with E-state index in [0.717, 1.165) is 0 Å². The van der Waals surface area contributed by atoms with E-state index in [1.165, 1.54) is 18.2 Å². The summed E-state index contributed by atoms with van der Waals surface area (Å²) >= 11 is 0. The van der Waals surface area contributed by atoms with E-state index in [2.05, 4.69) is 0 Å². The lowest BCUT2D eigenvalue weighted by atomic mass is 10.1. The lowest BCUT2D eigenvalue weighted by Crippen LogP contribution is -2.20. The van der Waals surface area contributed by atoms with Crippen molar-refractivity contribution in [2.75, 3.05) is 20.6 Å². The highest BCUT2D eigenvalue weighted by Gasteiger charge is 2.14. The van der Waals surface area contributed by atoms with Gasteiger partial charge in [0, 0.05) is 24.4 Å². The van der Waals surface area contributed by atoms with Crippen LogP contribution >= 0.6 is 12.4 Å². The van der Waals surface area contributed by atoms with Gasteiger partial charge in [-0.3, -0.25) is 4.79 Å². The normalized spacial score (nSPS) is 10.6. The van der Waals surface area contributed by atoms with Crippen LogP contribution < -0.4 is 5.63 Å². The van der Waals surface area contributed by atoms with Crippen LogP contribution in [0.2, 0.25) is 0 Å². The first kappa shape index (κ1) is 16.2. The molecule has 0 aliphatic heterocycles. The molecule has 1 aromatic heterocycles. The Morgan fingerprint density at radius 3 is 2.65 bits per heavy atom. The first-order valence-corrected chi connectivity index (χ1v) is 5.92. The summed E-state index contributed by atoms with van der Waals surface area (Å²) in [5, 5.41) is 9.93. The molecule has 2 rings (SSSR count). The number of hydrogen-bond acceptors (Lipinski definition) is 5. The minimum atomic E-state index is -0.665. The molecule has 6 heteroatoms. The average Bonchev–Trinajstić information content (AvgIpc) is 2.35. The fourth-order valence-corrected chi connectivity index (χ4v) is 1.75. The Labute approximate surface area is 122 Å². The van der Waals surface area contributed by atoms with Gasteiger partial charge in [-0.05, 0) is 32.3 Å². The highest BCUT2D eigenvalue weighted by Crippen LogP contribution is 2.19. The Balaban J connectivity index is 0.00000200. The lowest BCUT2D eigenvalue weighted by molar-refractivity contribution is 0.0969. The summed E-state index contributed by atoms with van der Waals surface area (Å²) in [5.74, 6) is -0.222. The molecule has 0 aliphatic rings. The van der Waals surface area contributed by atoms with Gasteiger partial charge in [0.1, 0.15) is 16.9 Å². The number of ketones is 1. The van der Waals surface area contributed by atoms with Crippen LogP contribution in [0, 0.1) is 0 Å². The number of carbonyl (C=O) groups is 1. The summed E-state index contributed by atoms with van der Waals surface area (Å²) in [6, 6.07) is 5.95. The number of phenolic OH excluding ortho intramolecular Hbond substituents is 1. The molecule has 20 heavy (non-hydrogen) atoms. The van der Waals surface area contributed by atoms with E-state index in [1.807, 2.05) is 19.0 Å². The van der Waals surface area contributed by atoms with Crippen molar-refractivity contribution in [1.82, 2.24) is 4.90 Å². The third-order valence-electron chi connectivity index (χ3n) is 2.81. The van der Waals surface area contributed by atoms with E-state index in [0.29, 0.717) is 11.9 Å². The van der Waals surface area contributed by atoms with Crippen LogP contribution in [0.1, 0.15) is 16.8 Å². The van der Waals surface area contributed by atoms with Crippen LogP contribution in [0.15, 0.2) is 33.5 Å². The van der Waals surface area contributed by atoms with Crippen LogP contribution in [0.4, 0.5) is 0 Å². The molecule has 5 nitrogen and oxygen atoms in total. The Morgan fingerprint density at radius 1 is 1.30 bits per heavy atom. The molecule has 0 saturated heterocycles.